The summed E-state index contributed by atoms with van der Waals surface area (Å²) in [6.07, 6.45) is 3.53. The van der Waals surface area contributed by atoms with Gasteiger partial charge in [0.1, 0.15) is 12.4 Å². The summed E-state index contributed by atoms with van der Waals surface area (Å²) >= 11 is 5.86. The van der Waals surface area contributed by atoms with Gasteiger partial charge in [0.15, 0.2) is 0 Å². The SMILES string of the molecule is O=C(Cn1c(CCCNC(=O)c2ccc(Cl)cc2)nc2ccccc21)NC1CC1. The molecule has 29 heavy (non-hydrogen) atoms. The van der Waals surface area contributed by atoms with Crippen LogP contribution in [-0.2, 0) is 17.8 Å². The molecule has 2 aromatic carbocycles. The molecule has 1 heterocycles. The van der Waals surface area contributed by atoms with Crippen molar-refractivity contribution < 1.29 is 9.59 Å². The molecule has 4 rings (SSSR count). The van der Waals surface area contributed by atoms with E-state index in [1.54, 1.807) is 24.3 Å². The van der Waals surface area contributed by atoms with Gasteiger partial charge in [-0.1, -0.05) is 23.7 Å². The second kappa shape index (κ2) is 8.66. The summed E-state index contributed by atoms with van der Waals surface area (Å²) in [5.74, 6) is 0.754. The van der Waals surface area contributed by atoms with Crippen LogP contribution in [0.15, 0.2) is 48.5 Å². The zero-order valence-electron chi connectivity index (χ0n) is 16.0. The van der Waals surface area contributed by atoms with Gasteiger partial charge in [-0.15, -0.1) is 0 Å². The van der Waals surface area contributed by atoms with Crippen molar-refractivity contribution in [1.82, 2.24) is 20.2 Å². The Morgan fingerprint density at radius 3 is 2.62 bits per heavy atom. The third-order valence-electron chi connectivity index (χ3n) is 4.95. The van der Waals surface area contributed by atoms with Crippen LogP contribution in [0.2, 0.25) is 5.02 Å². The van der Waals surface area contributed by atoms with Crippen molar-refractivity contribution in [2.24, 2.45) is 0 Å². The Balaban J connectivity index is 1.37. The van der Waals surface area contributed by atoms with Gasteiger partial charge in [0.2, 0.25) is 5.91 Å². The summed E-state index contributed by atoms with van der Waals surface area (Å²) in [5.41, 5.74) is 2.42. The van der Waals surface area contributed by atoms with Crippen molar-refractivity contribution in [3.63, 3.8) is 0 Å². The standard InChI is InChI=1S/C22H23ClN4O2/c23-16-9-7-15(8-10-16)22(29)24-13-3-6-20-26-18-4-1-2-5-19(18)27(20)14-21(28)25-17-11-12-17/h1-2,4-5,7-10,17H,3,6,11-14H2,(H,24,29)(H,25,28). The number of nitrogens with zero attached hydrogens (tertiary/aromatic N) is 2. The van der Waals surface area contributed by atoms with Gasteiger partial charge in [-0.2, -0.15) is 0 Å². The molecule has 0 aliphatic heterocycles. The van der Waals surface area contributed by atoms with Crippen LogP contribution in [0.4, 0.5) is 0 Å². The third-order valence-corrected chi connectivity index (χ3v) is 5.20. The van der Waals surface area contributed by atoms with Crippen LogP contribution in [0.1, 0.15) is 35.4 Å². The van der Waals surface area contributed by atoms with E-state index in [1.165, 1.54) is 0 Å². The van der Waals surface area contributed by atoms with Crippen LogP contribution < -0.4 is 10.6 Å². The fourth-order valence-electron chi connectivity index (χ4n) is 3.29. The Kier molecular flexibility index (Phi) is 5.81. The normalized spacial score (nSPS) is 13.4. The van der Waals surface area contributed by atoms with Crippen LogP contribution in [-0.4, -0.2) is 34.0 Å². The predicted octanol–water partition coefficient (Wildman–Crippen LogP) is 3.33. The van der Waals surface area contributed by atoms with Gasteiger partial charge in [-0.25, -0.2) is 4.98 Å². The zero-order chi connectivity index (χ0) is 20.2. The molecule has 150 valence electrons. The topological polar surface area (TPSA) is 76.0 Å². The van der Waals surface area contributed by atoms with Gasteiger partial charge >= 0.3 is 0 Å². The van der Waals surface area contributed by atoms with Crippen molar-refractivity contribution in [3.8, 4) is 0 Å². The lowest BCUT2D eigenvalue weighted by atomic mass is 10.2. The first-order valence-corrected chi connectivity index (χ1v) is 10.3. The number of carbonyl (C=O) groups excluding carboxylic acids is 2. The number of hydrogen-bond donors (Lipinski definition) is 2. The second-order valence-corrected chi connectivity index (χ2v) is 7.75. The van der Waals surface area contributed by atoms with Gasteiger partial charge in [-0.3, -0.25) is 9.59 Å². The van der Waals surface area contributed by atoms with Gasteiger partial charge in [-0.05, 0) is 55.7 Å². The molecule has 0 radical (unpaired) electrons. The largest absolute Gasteiger partial charge is 0.352 e. The van der Waals surface area contributed by atoms with Gasteiger partial charge < -0.3 is 15.2 Å². The van der Waals surface area contributed by atoms with Crippen molar-refractivity contribution >= 4 is 34.4 Å². The molecule has 1 aliphatic carbocycles. The Morgan fingerprint density at radius 2 is 1.86 bits per heavy atom. The molecule has 6 nitrogen and oxygen atoms in total. The van der Waals surface area contributed by atoms with Crippen molar-refractivity contribution in [1.29, 1.82) is 0 Å². The number of nitrogens with one attached hydrogen (secondary N) is 2. The molecule has 1 fully saturated rings. The highest BCUT2D eigenvalue weighted by Crippen LogP contribution is 2.20. The quantitative estimate of drug-likeness (QED) is 0.559. The smallest absolute Gasteiger partial charge is 0.251 e. The molecule has 0 atom stereocenters. The maximum absolute atomic E-state index is 12.3. The van der Waals surface area contributed by atoms with Crippen molar-refractivity contribution in [2.45, 2.75) is 38.3 Å². The summed E-state index contributed by atoms with van der Waals surface area (Å²) in [4.78, 5) is 29.2. The van der Waals surface area contributed by atoms with Crippen molar-refractivity contribution in [3.05, 3.63) is 64.9 Å². The third kappa shape index (κ3) is 4.95. The number of hydrogen-bond acceptors (Lipinski definition) is 3. The van der Waals surface area contributed by atoms with Crippen molar-refractivity contribution in [2.75, 3.05) is 6.54 Å². The second-order valence-electron chi connectivity index (χ2n) is 7.31. The summed E-state index contributed by atoms with van der Waals surface area (Å²) < 4.78 is 1.98. The highest BCUT2D eigenvalue weighted by Gasteiger charge is 2.24. The van der Waals surface area contributed by atoms with Crippen LogP contribution in [0.25, 0.3) is 11.0 Å². The molecule has 2 N–H and O–H groups in total. The Labute approximate surface area is 174 Å². The lowest BCUT2D eigenvalue weighted by molar-refractivity contribution is -0.121. The van der Waals surface area contributed by atoms with Gasteiger partial charge in [0.25, 0.3) is 5.91 Å². The van der Waals surface area contributed by atoms with E-state index in [0.717, 1.165) is 36.1 Å². The Bertz CT molecular complexity index is 1020. The minimum Gasteiger partial charge on any atom is -0.352 e. The fraction of sp³-hybridized carbons (Fsp3) is 0.318. The number of aromatic nitrogens is 2. The van der Waals surface area contributed by atoms with E-state index in [2.05, 4.69) is 10.6 Å². The molecule has 2 amide bonds. The molecule has 1 saturated carbocycles. The van der Waals surface area contributed by atoms with Crippen LogP contribution in [0.3, 0.4) is 0 Å². The summed E-state index contributed by atoms with van der Waals surface area (Å²) in [7, 11) is 0. The fourth-order valence-corrected chi connectivity index (χ4v) is 3.42. The zero-order valence-corrected chi connectivity index (χ0v) is 16.8. The van der Waals surface area contributed by atoms with Crippen LogP contribution in [0, 0.1) is 0 Å². The molecule has 1 aromatic heterocycles. The summed E-state index contributed by atoms with van der Waals surface area (Å²) in [5, 5.41) is 6.56. The molecule has 0 bridgehead atoms. The van der Waals surface area contributed by atoms with Gasteiger partial charge in [0, 0.05) is 29.6 Å². The van der Waals surface area contributed by atoms with E-state index in [-0.39, 0.29) is 18.4 Å². The van der Waals surface area contributed by atoms with E-state index in [4.69, 9.17) is 16.6 Å². The predicted molar refractivity (Wildman–Crippen MR) is 113 cm³/mol. The van der Waals surface area contributed by atoms with Crippen LogP contribution in [0.5, 0.6) is 0 Å². The van der Waals surface area contributed by atoms with Crippen LogP contribution >= 0.6 is 11.6 Å². The highest BCUT2D eigenvalue weighted by atomic mass is 35.5. The first-order chi connectivity index (χ1) is 14.1. The maximum Gasteiger partial charge on any atom is 0.251 e. The number of para-hydroxylation sites is 2. The number of halogens is 1. The van der Waals surface area contributed by atoms with E-state index < -0.39 is 0 Å². The highest BCUT2D eigenvalue weighted by molar-refractivity contribution is 6.30. The number of benzene rings is 2. The Morgan fingerprint density at radius 1 is 1.10 bits per heavy atom. The number of imidazole rings is 1. The summed E-state index contributed by atoms with van der Waals surface area (Å²) in [6.45, 7) is 0.794. The molecule has 7 heteroatoms. The molecule has 0 spiro atoms. The van der Waals surface area contributed by atoms with E-state index in [0.29, 0.717) is 29.6 Å². The lowest BCUT2D eigenvalue weighted by Crippen LogP contribution is -2.30. The minimum atomic E-state index is -0.126. The summed E-state index contributed by atoms with van der Waals surface area (Å²) in [6, 6.07) is 15.0. The van der Waals surface area contributed by atoms with Gasteiger partial charge in [0.05, 0.1) is 11.0 Å². The number of aryl methyl sites for hydroxylation is 1. The minimum absolute atomic E-state index is 0.0212. The molecule has 3 aromatic rings. The molecule has 0 unspecified atom stereocenters. The molecule has 1 aliphatic rings. The maximum atomic E-state index is 12.3. The monoisotopic (exact) mass is 410 g/mol. The average molecular weight is 411 g/mol. The molecular formula is C22H23ClN4O2. The number of fused-ring (bicyclic) bond motifs is 1. The Hall–Kier alpha value is -2.86. The number of rotatable bonds is 8. The van der Waals surface area contributed by atoms with E-state index in [9.17, 15) is 9.59 Å². The average Bonchev–Trinajstić information content (AvgIpc) is 3.46. The molecular weight excluding hydrogens is 388 g/mol. The molecule has 0 saturated heterocycles. The first kappa shape index (κ1) is 19.5. The number of carbonyl (C=O) groups is 2. The first-order valence-electron chi connectivity index (χ1n) is 9.87. The van der Waals surface area contributed by atoms with E-state index in [1.807, 2.05) is 28.8 Å². The lowest BCUT2D eigenvalue weighted by Gasteiger charge is -2.10. The van der Waals surface area contributed by atoms with E-state index >= 15 is 0 Å². The number of amides is 2.